The van der Waals surface area contributed by atoms with Crippen molar-refractivity contribution in [3.8, 4) is 5.88 Å². The number of hydrogen-bond acceptors (Lipinski definition) is 6. The topological polar surface area (TPSA) is 110 Å². The molecule has 2 N–H and O–H groups in total. The predicted molar refractivity (Wildman–Crippen MR) is 68.6 cm³/mol. The van der Waals surface area contributed by atoms with Crippen LogP contribution in [0.4, 0.5) is 5.69 Å². The highest BCUT2D eigenvalue weighted by atomic mass is 16.6. The molecule has 1 amide bonds. The summed E-state index contributed by atoms with van der Waals surface area (Å²) in [7, 11) is 0. The maximum atomic E-state index is 11.8. The van der Waals surface area contributed by atoms with Crippen LogP contribution in [0.2, 0.25) is 0 Å². The summed E-state index contributed by atoms with van der Waals surface area (Å²) in [5.74, 6) is -1.21. The van der Waals surface area contributed by atoms with Gasteiger partial charge in [-0.3, -0.25) is 4.79 Å². The molecule has 0 aliphatic carbocycles. The molecule has 0 aromatic carbocycles. The summed E-state index contributed by atoms with van der Waals surface area (Å²) in [4.78, 5) is 31.3. The Morgan fingerprint density at radius 1 is 1.55 bits per heavy atom. The van der Waals surface area contributed by atoms with Gasteiger partial charge in [-0.15, -0.1) is 0 Å². The van der Waals surface area contributed by atoms with Crippen molar-refractivity contribution in [1.82, 2.24) is 4.98 Å². The van der Waals surface area contributed by atoms with Crippen LogP contribution >= 0.6 is 0 Å². The number of aliphatic carboxylic acids is 1. The first-order valence-corrected chi connectivity index (χ1v) is 5.96. The van der Waals surface area contributed by atoms with Gasteiger partial charge in [-0.2, -0.15) is 0 Å². The summed E-state index contributed by atoms with van der Waals surface area (Å²) in [6, 6.07) is 3.25. The van der Waals surface area contributed by atoms with E-state index in [2.05, 4.69) is 15.5 Å². The fraction of sp³-hybridized carbons (Fsp3) is 0.333. The predicted octanol–water partition coefficient (Wildman–Crippen LogP) is 0.648. The van der Waals surface area contributed by atoms with Crippen molar-refractivity contribution in [2.75, 3.05) is 11.9 Å². The summed E-state index contributed by atoms with van der Waals surface area (Å²) >= 11 is 0. The molecule has 1 atom stereocenters. The van der Waals surface area contributed by atoms with Gasteiger partial charge in [0.25, 0.3) is 5.91 Å². The van der Waals surface area contributed by atoms with E-state index in [1.54, 1.807) is 12.1 Å². The molecule has 0 spiro atoms. The third kappa shape index (κ3) is 3.22. The van der Waals surface area contributed by atoms with E-state index in [4.69, 9.17) is 14.7 Å². The lowest BCUT2D eigenvalue weighted by Gasteiger charge is -2.09. The van der Waals surface area contributed by atoms with E-state index in [1.807, 2.05) is 6.92 Å². The number of anilines is 1. The SMILES string of the molecule is CCOc1ccc(NC(=O)C2CC(C(=O)O)=NO2)cn1. The van der Waals surface area contributed by atoms with Crippen LogP contribution in [0.25, 0.3) is 0 Å². The third-order valence-corrected chi connectivity index (χ3v) is 2.50. The van der Waals surface area contributed by atoms with Crippen molar-refractivity contribution in [1.29, 1.82) is 0 Å². The number of carbonyl (C=O) groups excluding carboxylic acids is 1. The van der Waals surface area contributed by atoms with E-state index >= 15 is 0 Å². The number of carbonyl (C=O) groups is 2. The van der Waals surface area contributed by atoms with Crippen LogP contribution < -0.4 is 10.1 Å². The number of aromatic nitrogens is 1. The summed E-state index contributed by atoms with van der Waals surface area (Å²) in [5, 5.41) is 14.6. The summed E-state index contributed by atoms with van der Waals surface area (Å²) in [6.07, 6.45) is 0.440. The molecule has 1 aliphatic rings. The highest BCUT2D eigenvalue weighted by Crippen LogP contribution is 2.15. The standard InChI is InChI=1S/C12H13N3O5/c1-2-19-10-4-3-7(6-13-10)14-11(16)9-5-8(12(17)18)15-20-9/h3-4,6,9H,2,5H2,1H3,(H,14,16)(H,17,18). The molecule has 2 heterocycles. The van der Waals surface area contributed by atoms with Crippen molar-refractivity contribution in [2.45, 2.75) is 19.4 Å². The quantitative estimate of drug-likeness (QED) is 0.818. The van der Waals surface area contributed by atoms with E-state index in [0.29, 0.717) is 18.2 Å². The number of amides is 1. The molecule has 0 bridgehead atoms. The van der Waals surface area contributed by atoms with Crippen LogP contribution in [-0.2, 0) is 14.4 Å². The zero-order valence-corrected chi connectivity index (χ0v) is 10.7. The number of nitrogens with one attached hydrogen (secondary N) is 1. The Hall–Kier alpha value is -2.64. The van der Waals surface area contributed by atoms with Crippen molar-refractivity contribution in [3.63, 3.8) is 0 Å². The van der Waals surface area contributed by atoms with Gasteiger partial charge in [-0.25, -0.2) is 9.78 Å². The molecular weight excluding hydrogens is 266 g/mol. The van der Waals surface area contributed by atoms with Gasteiger partial charge in [0.15, 0.2) is 5.71 Å². The second-order valence-corrected chi connectivity index (χ2v) is 3.95. The first-order chi connectivity index (χ1) is 9.60. The van der Waals surface area contributed by atoms with E-state index in [1.165, 1.54) is 6.20 Å². The van der Waals surface area contributed by atoms with Gasteiger partial charge in [0.2, 0.25) is 12.0 Å². The Bertz CT molecular complexity index is 541. The third-order valence-electron chi connectivity index (χ3n) is 2.50. The van der Waals surface area contributed by atoms with Crippen LogP contribution in [0.15, 0.2) is 23.5 Å². The monoisotopic (exact) mass is 279 g/mol. The summed E-state index contributed by atoms with van der Waals surface area (Å²) < 4.78 is 5.17. The van der Waals surface area contributed by atoms with Crippen LogP contribution in [0, 0.1) is 0 Å². The Balaban J connectivity index is 1.91. The van der Waals surface area contributed by atoms with Gasteiger partial charge in [0, 0.05) is 12.5 Å². The first kappa shape index (κ1) is 13.8. The van der Waals surface area contributed by atoms with Gasteiger partial charge in [0.05, 0.1) is 18.5 Å². The molecule has 8 heteroatoms. The number of pyridine rings is 1. The second-order valence-electron chi connectivity index (χ2n) is 3.95. The zero-order chi connectivity index (χ0) is 14.5. The average Bonchev–Trinajstić information content (AvgIpc) is 2.91. The fourth-order valence-electron chi connectivity index (χ4n) is 1.55. The minimum absolute atomic E-state index is 0.0639. The molecule has 0 radical (unpaired) electrons. The van der Waals surface area contributed by atoms with Gasteiger partial charge in [-0.05, 0) is 13.0 Å². The summed E-state index contributed by atoms with van der Waals surface area (Å²) in [5.41, 5.74) is 0.292. The Morgan fingerprint density at radius 3 is 2.90 bits per heavy atom. The van der Waals surface area contributed by atoms with Gasteiger partial charge < -0.3 is 20.0 Å². The highest BCUT2D eigenvalue weighted by molar-refractivity contribution is 6.36. The molecule has 20 heavy (non-hydrogen) atoms. The van der Waals surface area contributed by atoms with Crippen molar-refractivity contribution >= 4 is 23.3 Å². The molecule has 106 valence electrons. The van der Waals surface area contributed by atoms with E-state index in [-0.39, 0.29) is 12.1 Å². The zero-order valence-electron chi connectivity index (χ0n) is 10.7. The molecule has 0 saturated heterocycles. The first-order valence-electron chi connectivity index (χ1n) is 5.96. The lowest BCUT2D eigenvalue weighted by molar-refractivity contribution is -0.129. The van der Waals surface area contributed by atoms with Crippen molar-refractivity contribution < 1.29 is 24.3 Å². The van der Waals surface area contributed by atoms with Crippen LogP contribution in [0.3, 0.4) is 0 Å². The largest absolute Gasteiger partial charge is 0.478 e. The minimum Gasteiger partial charge on any atom is -0.478 e. The van der Waals surface area contributed by atoms with Crippen LogP contribution in [0.5, 0.6) is 5.88 Å². The molecule has 0 fully saturated rings. The number of carboxylic acids is 1. The molecule has 8 nitrogen and oxygen atoms in total. The molecule has 1 aromatic heterocycles. The minimum atomic E-state index is -1.19. The molecule has 2 rings (SSSR count). The maximum Gasteiger partial charge on any atom is 0.353 e. The van der Waals surface area contributed by atoms with Crippen molar-refractivity contribution in [3.05, 3.63) is 18.3 Å². The number of hydrogen-bond donors (Lipinski definition) is 2. The lowest BCUT2D eigenvalue weighted by Crippen LogP contribution is -2.28. The Labute approximate surface area is 114 Å². The highest BCUT2D eigenvalue weighted by Gasteiger charge is 2.31. The van der Waals surface area contributed by atoms with Gasteiger partial charge in [0.1, 0.15) is 0 Å². The van der Waals surface area contributed by atoms with Crippen molar-refractivity contribution in [2.24, 2.45) is 5.16 Å². The number of nitrogens with zero attached hydrogens (tertiary/aromatic N) is 2. The Morgan fingerprint density at radius 2 is 2.35 bits per heavy atom. The molecule has 1 aromatic rings. The van der Waals surface area contributed by atoms with E-state index in [0.717, 1.165) is 0 Å². The smallest absolute Gasteiger partial charge is 0.353 e. The van der Waals surface area contributed by atoms with Crippen LogP contribution in [-0.4, -0.2) is 40.4 Å². The molecular formula is C12H13N3O5. The average molecular weight is 279 g/mol. The molecule has 1 unspecified atom stereocenters. The number of carboxylic acid groups (broad SMARTS) is 1. The number of rotatable bonds is 5. The van der Waals surface area contributed by atoms with Crippen LogP contribution in [0.1, 0.15) is 13.3 Å². The second kappa shape index (κ2) is 6.00. The summed E-state index contributed by atoms with van der Waals surface area (Å²) in [6.45, 7) is 2.35. The maximum absolute atomic E-state index is 11.8. The fourth-order valence-corrected chi connectivity index (χ4v) is 1.55. The number of ether oxygens (including phenoxy) is 1. The van der Waals surface area contributed by atoms with E-state index in [9.17, 15) is 9.59 Å². The molecule has 0 saturated carbocycles. The molecule has 1 aliphatic heterocycles. The Kier molecular flexibility index (Phi) is 4.14. The normalized spacial score (nSPS) is 17.1. The van der Waals surface area contributed by atoms with Gasteiger partial charge in [-0.1, -0.05) is 5.16 Å². The number of oxime groups is 1. The lowest BCUT2D eigenvalue weighted by atomic mass is 10.1. The van der Waals surface area contributed by atoms with Gasteiger partial charge >= 0.3 is 5.97 Å². The van der Waals surface area contributed by atoms with E-state index < -0.39 is 18.0 Å².